The molecule has 0 aromatic carbocycles. The quantitative estimate of drug-likeness (QED) is 0.103. The maximum absolute atomic E-state index is 11.8. The maximum atomic E-state index is 11.8. The first kappa shape index (κ1) is 28.0. The van der Waals surface area contributed by atoms with Gasteiger partial charge in [0.2, 0.25) is 5.41 Å². The van der Waals surface area contributed by atoms with Gasteiger partial charge in [-0.3, -0.25) is 32.6 Å². The summed E-state index contributed by atoms with van der Waals surface area (Å²) >= 11 is 0. The number of aliphatic carboxylic acids is 3. The smallest absolute Gasteiger partial charge is 0.341 e. The molecular formula is C7H14O18P4. The molecule has 0 spiro atoms. The third-order valence-electron chi connectivity index (χ3n) is 3.51. The zero-order valence-electron chi connectivity index (χ0n) is 13.3. The lowest BCUT2D eigenvalue weighted by Gasteiger charge is -2.40. The van der Waals surface area contributed by atoms with E-state index in [0.29, 0.717) is 0 Å². The monoisotopic (exact) mass is 510 g/mol. The highest BCUT2D eigenvalue weighted by Gasteiger charge is 2.76. The third-order valence-corrected chi connectivity index (χ3v) is 10.5. The number of carboxylic acids is 3. The Morgan fingerprint density at radius 1 is 0.586 bits per heavy atom. The molecular weight excluding hydrogens is 496 g/mol. The van der Waals surface area contributed by atoms with Gasteiger partial charge in [0.05, 0.1) is 0 Å². The molecule has 0 saturated carbocycles. The van der Waals surface area contributed by atoms with Gasteiger partial charge in [0.15, 0.2) is 11.1 Å². The van der Waals surface area contributed by atoms with E-state index >= 15 is 0 Å². The molecule has 0 saturated heterocycles. The lowest BCUT2D eigenvalue weighted by Crippen LogP contribution is -2.61. The summed E-state index contributed by atoms with van der Waals surface area (Å²) in [6.07, 6.45) is 0. The zero-order chi connectivity index (χ0) is 24.0. The Labute approximate surface area is 158 Å². The molecule has 29 heavy (non-hydrogen) atoms. The molecule has 18 nitrogen and oxygen atoms in total. The van der Waals surface area contributed by atoms with Crippen molar-refractivity contribution in [2.75, 3.05) is 0 Å². The SMILES string of the molecule is O=C(O)C(C(C(=O)O)(C(=O)O)C(C(P(=O)(O)O)P(=O)(O)O)P(=O)(O)O)P(=O)(O)O. The summed E-state index contributed by atoms with van der Waals surface area (Å²) in [7, 11) is -26.5. The van der Waals surface area contributed by atoms with Gasteiger partial charge in [-0.25, -0.2) is 0 Å². The maximum Gasteiger partial charge on any atom is 0.341 e. The van der Waals surface area contributed by atoms with Gasteiger partial charge < -0.3 is 54.5 Å². The van der Waals surface area contributed by atoms with E-state index in [4.69, 9.17) is 34.5 Å². The Bertz CT molecular complexity index is 844. The molecule has 0 rings (SSSR count). The second-order valence-corrected chi connectivity index (χ2v) is 12.7. The fourth-order valence-corrected chi connectivity index (χ4v) is 10.0. The van der Waals surface area contributed by atoms with Gasteiger partial charge in [-0.15, -0.1) is 0 Å². The van der Waals surface area contributed by atoms with E-state index in [2.05, 4.69) is 0 Å². The lowest BCUT2D eigenvalue weighted by atomic mass is 9.80. The van der Waals surface area contributed by atoms with E-state index in [0.717, 1.165) is 0 Å². The zero-order valence-corrected chi connectivity index (χ0v) is 16.9. The molecule has 0 fully saturated rings. The highest BCUT2D eigenvalue weighted by molar-refractivity contribution is 7.72. The Hall–Kier alpha value is -0.990. The van der Waals surface area contributed by atoms with Crippen LogP contribution in [0.25, 0.3) is 0 Å². The highest BCUT2D eigenvalue weighted by atomic mass is 31.2. The van der Waals surface area contributed by atoms with Crippen LogP contribution in [0.1, 0.15) is 0 Å². The van der Waals surface area contributed by atoms with Gasteiger partial charge >= 0.3 is 48.3 Å². The van der Waals surface area contributed by atoms with E-state index < -0.39 is 70.4 Å². The van der Waals surface area contributed by atoms with Crippen LogP contribution in [0.3, 0.4) is 0 Å². The fourth-order valence-electron chi connectivity index (χ4n) is 2.58. The Balaban J connectivity index is 7.95. The van der Waals surface area contributed by atoms with Crippen LogP contribution in [0.4, 0.5) is 0 Å². The number of carbonyl (C=O) groups is 3. The van der Waals surface area contributed by atoms with Crippen LogP contribution in [0.5, 0.6) is 0 Å². The van der Waals surface area contributed by atoms with Crippen molar-refractivity contribution in [2.45, 2.75) is 16.7 Å². The van der Waals surface area contributed by atoms with Crippen molar-refractivity contribution in [3.05, 3.63) is 0 Å². The van der Waals surface area contributed by atoms with E-state index in [1.54, 1.807) is 0 Å². The van der Waals surface area contributed by atoms with Crippen LogP contribution < -0.4 is 0 Å². The second-order valence-electron chi connectivity index (χ2n) is 5.43. The molecule has 0 bridgehead atoms. The first-order valence-electron chi connectivity index (χ1n) is 6.35. The summed E-state index contributed by atoms with van der Waals surface area (Å²) in [6.45, 7) is 0. The third kappa shape index (κ3) is 5.58. The molecule has 0 aliphatic rings. The average molecular weight is 510 g/mol. The minimum atomic E-state index is -6.77. The number of hydrogen-bond acceptors (Lipinski definition) is 7. The van der Waals surface area contributed by atoms with Crippen LogP contribution in [0, 0.1) is 5.41 Å². The summed E-state index contributed by atoms with van der Waals surface area (Å²) in [5.41, 5.74) is -13.5. The Kier molecular flexibility index (Phi) is 7.99. The van der Waals surface area contributed by atoms with Crippen LogP contribution in [-0.2, 0) is 32.6 Å². The number of carboxylic acid groups (broad SMARTS) is 3. The summed E-state index contributed by atoms with van der Waals surface area (Å²) < 4.78 is 46.4. The molecule has 0 amide bonds. The van der Waals surface area contributed by atoms with Crippen LogP contribution in [0.15, 0.2) is 0 Å². The van der Waals surface area contributed by atoms with E-state index in [-0.39, 0.29) is 0 Å². The van der Waals surface area contributed by atoms with Crippen LogP contribution in [-0.4, -0.2) is 89.1 Å². The van der Waals surface area contributed by atoms with Gasteiger partial charge in [-0.1, -0.05) is 0 Å². The summed E-state index contributed by atoms with van der Waals surface area (Å²) in [4.78, 5) is 108. The second kappa shape index (κ2) is 8.27. The molecule has 0 aliphatic heterocycles. The lowest BCUT2D eigenvalue weighted by molar-refractivity contribution is -0.170. The average Bonchev–Trinajstić information content (AvgIpc) is 2.34. The van der Waals surface area contributed by atoms with Crippen molar-refractivity contribution in [3.8, 4) is 0 Å². The summed E-state index contributed by atoms with van der Waals surface area (Å²) in [5.74, 6) is -9.54. The van der Waals surface area contributed by atoms with E-state index in [1.807, 2.05) is 0 Å². The number of hydrogen-bond donors (Lipinski definition) is 11. The van der Waals surface area contributed by atoms with Gasteiger partial charge in [-0.2, -0.15) is 0 Å². The Morgan fingerprint density at radius 2 is 0.897 bits per heavy atom. The van der Waals surface area contributed by atoms with Crippen molar-refractivity contribution in [1.29, 1.82) is 0 Å². The molecule has 2 atom stereocenters. The minimum absolute atomic E-state index is 3.02. The van der Waals surface area contributed by atoms with Crippen molar-refractivity contribution in [3.63, 3.8) is 0 Å². The molecule has 0 aromatic heterocycles. The van der Waals surface area contributed by atoms with Gasteiger partial charge in [-0.05, 0) is 0 Å². The van der Waals surface area contributed by atoms with Crippen molar-refractivity contribution in [1.82, 2.24) is 0 Å². The first-order valence-corrected chi connectivity index (χ1v) is 13.1. The van der Waals surface area contributed by atoms with E-state index in [9.17, 15) is 52.6 Å². The predicted molar refractivity (Wildman–Crippen MR) is 84.9 cm³/mol. The molecule has 0 heterocycles. The normalized spacial score (nSPS) is 16.3. The topological polar surface area (TPSA) is 342 Å². The largest absolute Gasteiger partial charge is 0.481 e. The molecule has 0 aliphatic carbocycles. The molecule has 2 unspecified atom stereocenters. The van der Waals surface area contributed by atoms with Gasteiger partial charge in [0.25, 0.3) is 0 Å². The van der Waals surface area contributed by atoms with Gasteiger partial charge in [0.1, 0.15) is 5.66 Å². The highest BCUT2D eigenvalue weighted by Crippen LogP contribution is 2.72. The fraction of sp³-hybridized carbons (Fsp3) is 0.571. The Morgan fingerprint density at radius 3 is 1.03 bits per heavy atom. The van der Waals surface area contributed by atoms with Crippen molar-refractivity contribution in [2.24, 2.45) is 5.41 Å². The summed E-state index contributed by atoms with van der Waals surface area (Å²) in [6, 6.07) is 0. The molecule has 0 radical (unpaired) electrons. The molecule has 22 heteroatoms. The van der Waals surface area contributed by atoms with Gasteiger partial charge in [0, 0.05) is 0 Å². The minimum Gasteiger partial charge on any atom is -0.481 e. The van der Waals surface area contributed by atoms with E-state index in [1.165, 1.54) is 0 Å². The number of rotatable bonds is 10. The van der Waals surface area contributed by atoms with Crippen molar-refractivity contribution < 1.29 is 87.1 Å². The van der Waals surface area contributed by atoms with Crippen LogP contribution in [0.2, 0.25) is 0 Å². The first-order chi connectivity index (χ1) is 12.4. The summed E-state index contributed by atoms with van der Waals surface area (Å²) in [5, 5.41) is 23.3. The van der Waals surface area contributed by atoms with Crippen molar-refractivity contribution >= 4 is 48.3 Å². The van der Waals surface area contributed by atoms with Crippen LogP contribution >= 0.6 is 30.4 Å². The molecule has 0 aromatic rings. The molecule has 170 valence electrons. The standard InChI is InChI=1S/C7H14O18P4/c8-3(9)1(26(14,15)16)7(5(10)11,6(12)13)2(27(17,18)19)4(28(20,21)22)29(23,24)25/h1-2,4H,(H,8,9)(H,10,11)(H,12,13)(H2,14,15,16)(H2,17,18,19)(H2,20,21,22)(H2,23,24,25). The predicted octanol–water partition coefficient (Wildman–Crippen LogP) is -3.00. The molecule has 11 N–H and O–H groups in total.